The number of pyridine rings is 1. The van der Waals surface area contributed by atoms with Crippen LogP contribution in [-0.2, 0) is 0 Å². The Morgan fingerprint density at radius 2 is 2.00 bits per heavy atom. The third-order valence-electron chi connectivity index (χ3n) is 5.04. The van der Waals surface area contributed by atoms with Crippen molar-refractivity contribution < 1.29 is 9.18 Å². The van der Waals surface area contributed by atoms with Crippen molar-refractivity contribution in [2.75, 3.05) is 5.32 Å². The molecule has 26 heavy (non-hydrogen) atoms. The van der Waals surface area contributed by atoms with E-state index in [0.717, 1.165) is 25.5 Å². The molecule has 1 aromatic carbocycles. The van der Waals surface area contributed by atoms with Crippen LogP contribution in [-0.4, -0.2) is 10.9 Å². The van der Waals surface area contributed by atoms with E-state index in [1.807, 2.05) is 24.3 Å². The lowest BCUT2D eigenvalue weighted by molar-refractivity contribution is 0.102. The zero-order valence-corrected chi connectivity index (χ0v) is 15.2. The zero-order valence-electron chi connectivity index (χ0n) is 15.2. The van der Waals surface area contributed by atoms with E-state index in [1.165, 1.54) is 34.5 Å². The average molecular weight is 350 g/mol. The average Bonchev–Trinajstić information content (AvgIpc) is 2.63. The van der Waals surface area contributed by atoms with Gasteiger partial charge in [-0.3, -0.25) is 9.78 Å². The van der Waals surface area contributed by atoms with Gasteiger partial charge in [-0.15, -0.1) is 0 Å². The number of aromatic nitrogens is 1. The number of benzene rings is 1. The minimum absolute atomic E-state index is 0.0146. The molecule has 0 bridgehead atoms. The topological polar surface area (TPSA) is 42.0 Å². The number of hydrogen-bond donors (Lipinski definition) is 1. The van der Waals surface area contributed by atoms with Gasteiger partial charge in [0.15, 0.2) is 5.82 Å². The van der Waals surface area contributed by atoms with Crippen LogP contribution < -0.4 is 5.32 Å². The lowest BCUT2D eigenvalue weighted by Crippen LogP contribution is -2.14. The minimum Gasteiger partial charge on any atom is -0.322 e. The molecule has 0 fully saturated rings. The molecule has 1 heterocycles. The van der Waals surface area contributed by atoms with Crippen LogP contribution in [0, 0.1) is 11.7 Å². The van der Waals surface area contributed by atoms with Crippen LogP contribution in [0.5, 0.6) is 0 Å². The van der Waals surface area contributed by atoms with Crippen LogP contribution in [0.3, 0.4) is 0 Å². The number of halogens is 1. The van der Waals surface area contributed by atoms with Gasteiger partial charge in [0, 0.05) is 11.9 Å². The first-order chi connectivity index (χ1) is 12.5. The predicted molar refractivity (Wildman–Crippen MR) is 103 cm³/mol. The van der Waals surface area contributed by atoms with Crippen LogP contribution in [0.25, 0.3) is 5.57 Å². The fraction of sp³-hybridized carbons (Fsp3) is 0.273. The van der Waals surface area contributed by atoms with Crippen molar-refractivity contribution in [2.24, 2.45) is 5.92 Å². The number of nitrogens with zero attached hydrogens (tertiary/aromatic N) is 1. The molecule has 3 nitrogen and oxygen atoms in total. The molecule has 0 aliphatic heterocycles. The second kappa shape index (κ2) is 7.65. The van der Waals surface area contributed by atoms with Crippen LogP contribution >= 0.6 is 0 Å². The molecule has 134 valence electrons. The third-order valence-corrected chi connectivity index (χ3v) is 5.04. The Kier molecular flexibility index (Phi) is 5.31. The van der Waals surface area contributed by atoms with E-state index < -0.39 is 11.7 Å². The summed E-state index contributed by atoms with van der Waals surface area (Å²) in [5.41, 5.74) is 5.81. The van der Waals surface area contributed by atoms with Gasteiger partial charge in [-0.05, 0) is 68.4 Å². The molecular weight excluding hydrogens is 327 g/mol. The van der Waals surface area contributed by atoms with E-state index in [-0.39, 0.29) is 5.56 Å². The normalized spacial score (nSPS) is 17.1. The lowest BCUT2D eigenvalue weighted by Gasteiger charge is -2.26. The molecule has 0 spiro atoms. The Balaban J connectivity index is 1.75. The highest BCUT2D eigenvalue weighted by atomic mass is 19.1. The van der Waals surface area contributed by atoms with Gasteiger partial charge < -0.3 is 5.32 Å². The van der Waals surface area contributed by atoms with E-state index in [0.29, 0.717) is 11.6 Å². The quantitative estimate of drug-likeness (QED) is 0.727. The Hall–Kier alpha value is -2.75. The van der Waals surface area contributed by atoms with E-state index in [9.17, 15) is 9.18 Å². The first-order valence-corrected chi connectivity index (χ1v) is 8.81. The number of nitrogens with one attached hydrogen (secondary N) is 1. The molecule has 1 amide bonds. The van der Waals surface area contributed by atoms with Crippen molar-refractivity contribution in [1.82, 2.24) is 4.98 Å². The summed E-state index contributed by atoms with van der Waals surface area (Å²) in [5, 5.41) is 2.73. The van der Waals surface area contributed by atoms with Gasteiger partial charge >= 0.3 is 0 Å². The summed E-state index contributed by atoms with van der Waals surface area (Å²) in [6.45, 7) is 8.39. The molecule has 1 aliphatic carbocycles. The molecule has 1 aliphatic rings. The highest BCUT2D eigenvalue weighted by molar-refractivity contribution is 6.04. The highest BCUT2D eigenvalue weighted by Crippen LogP contribution is 2.38. The van der Waals surface area contributed by atoms with Gasteiger partial charge in [0.1, 0.15) is 0 Å². The van der Waals surface area contributed by atoms with Crippen molar-refractivity contribution >= 4 is 17.2 Å². The van der Waals surface area contributed by atoms with Crippen LogP contribution in [0.15, 0.2) is 60.5 Å². The van der Waals surface area contributed by atoms with Gasteiger partial charge in [0.05, 0.1) is 11.8 Å². The monoisotopic (exact) mass is 350 g/mol. The summed E-state index contributed by atoms with van der Waals surface area (Å²) in [5.74, 6) is -0.578. The number of rotatable bonds is 4. The molecule has 1 N–H and O–H groups in total. The number of carbonyl (C=O) groups excluding carboxylic acids is 1. The van der Waals surface area contributed by atoms with Crippen LogP contribution in [0.4, 0.5) is 10.1 Å². The van der Waals surface area contributed by atoms with Gasteiger partial charge in [-0.25, -0.2) is 4.39 Å². The second-order valence-electron chi connectivity index (χ2n) is 6.93. The van der Waals surface area contributed by atoms with E-state index in [2.05, 4.69) is 30.7 Å². The number of anilines is 1. The summed E-state index contributed by atoms with van der Waals surface area (Å²) >= 11 is 0. The first kappa shape index (κ1) is 18.1. The van der Waals surface area contributed by atoms with E-state index in [1.54, 1.807) is 0 Å². The maximum absolute atomic E-state index is 13.7. The number of carbonyl (C=O) groups is 1. The Bertz CT molecular complexity index is 868. The zero-order chi connectivity index (χ0) is 18.7. The summed E-state index contributed by atoms with van der Waals surface area (Å²) in [6.07, 6.45) is 5.70. The maximum Gasteiger partial charge on any atom is 0.258 e. The number of allylic oxidation sites excluding steroid dienone is 3. The van der Waals surface area contributed by atoms with E-state index in [4.69, 9.17) is 0 Å². The molecule has 1 unspecified atom stereocenters. The van der Waals surface area contributed by atoms with Crippen LogP contribution in [0.2, 0.25) is 0 Å². The molecule has 0 saturated heterocycles. The summed E-state index contributed by atoms with van der Waals surface area (Å²) in [7, 11) is 0. The molecule has 1 aromatic heterocycles. The van der Waals surface area contributed by atoms with Crippen molar-refractivity contribution in [3.8, 4) is 0 Å². The predicted octanol–water partition coefficient (Wildman–Crippen LogP) is 5.62. The van der Waals surface area contributed by atoms with Crippen LogP contribution in [0.1, 0.15) is 49.0 Å². The minimum atomic E-state index is -0.629. The van der Waals surface area contributed by atoms with Crippen molar-refractivity contribution in [3.63, 3.8) is 0 Å². The Labute approximate surface area is 153 Å². The molecule has 4 heteroatoms. The molecular formula is C22H23FN2O. The Morgan fingerprint density at radius 3 is 2.65 bits per heavy atom. The largest absolute Gasteiger partial charge is 0.322 e. The summed E-state index contributed by atoms with van der Waals surface area (Å²) in [4.78, 5) is 15.9. The fourth-order valence-electron chi connectivity index (χ4n) is 3.36. The first-order valence-electron chi connectivity index (χ1n) is 8.81. The molecule has 0 radical (unpaired) electrons. The fourth-order valence-corrected chi connectivity index (χ4v) is 3.36. The highest BCUT2D eigenvalue weighted by Gasteiger charge is 2.20. The van der Waals surface area contributed by atoms with Gasteiger partial charge in [0.25, 0.3) is 5.91 Å². The van der Waals surface area contributed by atoms with Gasteiger partial charge in [0.2, 0.25) is 0 Å². The molecule has 0 saturated carbocycles. The molecule has 1 atom stereocenters. The number of hydrogen-bond acceptors (Lipinski definition) is 2. The van der Waals surface area contributed by atoms with Crippen molar-refractivity contribution in [2.45, 2.75) is 33.1 Å². The lowest BCUT2D eigenvalue weighted by atomic mass is 9.79. The van der Waals surface area contributed by atoms with Gasteiger partial charge in [-0.1, -0.05) is 29.9 Å². The van der Waals surface area contributed by atoms with E-state index >= 15 is 0 Å². The molecule has 3 rings (SSSR count). The second-order valence-corrected chi connectivity index (χ2v) is 6.93. The van der Waals surface area contributed by atoms with Crippen molar-refractivity contribution in [1.29, 1.82) is 0 Å². The standard InChI is InChI=1S/C22H23FN2O/c1-14(2)17-5-4-15(3)20(12-17)16-6-8-18(9-7-16)25-22(26)19-10-11-24-13-21(19)23/h6-11,13,17H,1,4-5,12H2,2-3H3,(H,25,26). The maximum atomic E-state index is 13.7. The summed E-state index contributed by atoms with van der Waals surface area (Å²) in [6, 6.07) is 9.11. The summed E-state index contributed by atoms with van der Waals surface area (Å²) < 4.78 is 13.7. The third kappa shape index (κ3) is 3.90. The SMILES string of the molecule is C=C(C)C1CCC(C)=C(c2ccc(NC(=O)c3ccncc3F)cc2)C1. The van der Waals surface area contributed by atoms with Gasteiger partial charge in [-0.2, -0.15) is 0 Å². The molecule has 2 aromatic rings. The Morgan fingerprint density at radius 1 is 1.27 bits per heavy atom. The smallest absolute Gasteiger partial charge is 0.258 e. The van der Waals surface area contributed by atoms with Crippen molar-refractivity contribution in [3.05, 3.63) is 77.4 Å². The number of amides is 1.